The number of alkyl halides is 1. The number of hydrogen-bond acceptors (Lipinski definition) is 4. The van der Waals surface area contributed by atoms with E-state index in [2.05, 4.69) is 19.5 Å². The number of imidazole rings is 1. The van der Waals surface area contributed by atoms with Gasteiger partial charge in [0.25, 0.3) is 0 Å². The van der Waals surface area contributed by atoms with Crippen LogP contribution in [-0.2, 0) is 12.4 Å². The molecule has 0 unspecified atom stereocenters. The summed E-state index contributed by atoms with van der Waals surface area (Å²) < 4.78 is 7.32. The molecule has 6 heteroatoms. The Labute approximate surface area is 117 Å². The van der Waals surface area contributed by atoms with Gasteiger partial charge in [-0.25, -0.2) is 9.97 Å². The average Bonchev–Trinajstić information content (AvgIpc) is 3.19. The first kappa shape index (κ1) is 12.7. The van der Waals surface area contributed by atoms with E-state index < -0.39 is 0 Å². The van der Waals surface area contributed by atoms with Crippen LogP contribution in [0.3, 0.4) is 0 Å². The number of methoxy groups -OCH3 is 1. The summed E-state index contributed by atoms with van der Waals surface area (Å²) in [6.45, 7) is 0.912. The highest BCUT2D eigenvalue weighted by Crippen LogP contribution is 2.34. The summed E-state index contributed by atoms with van der Waals surface area (Å²) in [6.07, 6.45) is 6.72. The average molecular weight is 281 g/mol. The molecule has 0 saturated heterocycles. The van der Waals surface area contributed by atoms with E-state index in [1.165, 1.54) is 25.6 Å². The molecule has 0 atom stereocenters. The molecule has 1 fully saturated rings. The number of rotatable bonds is 6. The van der Waals surface area contributed by atoms with Crippen molar-refractivity contribution in [3.63, 3.8) is 0 Å². The van der Waals surface area contributed by atoms with Crippen molar-refractivity contribution in [2.45, 2.75) is 38.1 Å². The van der Waals surface area contributed by atoms with Crippen LogP contribution in [0.4, 0.5) is 0 Å². The van der Waals surface area contributed by atoms with Crippen molar-refractivity contribution >= 4 is 22.8 Å². The third-order valence-corrected chi connectivity index (χ3v) is 3.82. The van der Waals surface area contributed by atoms with E-state index in [-0.39, 0.29) is 0 Å². The summed E-state index contributed by atoms with van der Waals surface area (Å²) in [5.41, 5.74) is 1.52. The zero-order chi connectivity index (χ0) is 13.2. The van der Waals surface area contributed by atoms with Crippen molar-refractivity contribution in [3.05, 3.63) is 12.2 Å². The number of fused-ring (bicyclic) bond motifs is 1. The molecular weight excluding hydrogens is 264 g/mol. The van der Waals surface area contributed by atoms with Crippen LogP contribution < -0.4 is 4.74 Å². The molecule has 19 heavy (non-hydrogen) atoms. The highest BCUT2D eigenvalue weighted by molar-refractivity contribution is 6.16. The number of hydrogen-bond donors (Lipinski definition) is 0. The van der Waals surface area contributed by atoms with Gasteiger partial charge in [0.2, 0.25) is 5.88 Å². The van der Waals surface area contributed by atoms with Crippen molar-refractivity contribution in [2.24, 2.45) is 5.92 Å². The molecule has 102 valence electrons. The van der Waals surface area contributed by atoms with Crippen LogP contribution in [0.2, 0.25) is 0 Å². The van der Waals surface area contributed by atoms with Gasteiger partial charge in [-0.05, 0) is 18.8 Å². The monoisotopic (exact) mass is 280 g/mol. The summed E-state index contributed by atoms with van der Waals surface area (Å²) in [4.78, 5) is 12.9. The number of ether oxygens (including phenoxy) is 1. The van der Waals surface area contributed by atoms with Crippen LogP contribution in [0.25, 0.3) is 11.2 Å². The Balaban J connectivity index is 1.90. The Bertz CT molecular complexity index is 579. The second kappa shape index (κ2) is 5.33. The molecule has 0 bridgehead atoms. The third kappa shape index (κ3) is 2.52. The number of aryl methyl sites for hydroxylation is 1. The fraction of sp³-hybridized carbons (Fsp3) is 0.615. The molecular formula is C13H17ClN4O. The molecule has 1 aliphatic rings. The molecule has 3 rings (SSSR count). The van der Waals surface area contributed by atoms with E-state index in [9.17, 15) is 0 Å². The Morgan fingerprint density at radius 3 is 2.95 bits per heavy atom. The minimum absolute atomic E-state index is 0.378. The summed E-state index contributed by atoms with van der Waals surface area (Å²) in [6, 6.07) is 0. The molecule has 2 aromatic heterocycles. The molecule has 0 N–H and O–H groups in total. The largest absolute Gasteiger partial charge is 0.479 e. The Morgan fingerprint density at radius 1 is 1.42 bits per heavy atom. The first-order chi connectivity index (χ1) is 9.33. The van der Waals surface area contributed by atoms with Gasteiger partial charge in [-0.1, -0.05) is 12.8 Å². The molecule has 0 radical (unpaired) electrons. The molecule has 1 aliphatic carbocycles. The van der Waals surface area contributed by atoms with Gasteiger partial charge in [-0.15, -0.1) is 11.6 Å². The van der Waals surface area contributed by atoms with Crippen LogP contribution in [0.5, 0.6) is 5.88 Å². The highest BCUT2D eigenvalue weighted by Gasteiger charge is 2.21. The van der Waals surface area contributed by atoms with E-state index in [4.69, 9.17) is 16.3 Å². The molecule has 2 aromatic rings. The van der Waals surface area contributed by atoms with Crippen molar-refractivity contribution in [1.29, 1.82) is 0 Å². The van der Waals surface area contributed by atoms with Gasteiger partial charge in [0, 0.05) is 6.54 Å². The smallest absolute Gasteiger partial charge is 0.245 e. The van der Waals surface area contributed by atoms with Crippen molar-refractivity contribution in [2.75, 3.05) is 7.11 Å². The lowest BCUT2D eigenvalue weighted by Gasteiger charge is -2.06. The molecule has 0 aliphatic heterocycles. The minimum Gasteiger partial charge on any atom is -0.479 e. The normalized spacial score (nSPS) is 15.1. The predicted octanol–water partition coefficient (Wildman–Crippen LogP) is 2.76. The van der Waals surface area contributed by atoms with E-state index in [0.29, 0.717) is 17.3 Å². The quantitative estimate of drug-likeness (QED) is 0.764. The summed E-state index contributed by atoms with van der Waals surface area (Å²) in [5.74, 6) is 2.67. The van der Waals surface area contributed by atoms with Gasteiger partial charge in [0.15, 0.2) is 11.2 Å². The predicted molar refractivity (Wildman–Crippen MR) is 73.4 cm³/mol. The number of aromatic nitrogens is 4. The maximum atomic E-state index is 5.98. The zero-order valence-corrected chi connectivity index (χ0v) is 11.7. The Hall–Kier alpha value is -1.36. The number of nitrogens with zero attached hydrogens (tertiary/aromatic N) is 4. The zero-order valence-electron chi connectivity index (χ0n) is 11.0. The fourth-order valence-corrected chi connectivity index (χ4v) is 2.60. The van der Waals surface area contributed by atoms with E-state index >= 15 is 0 Å². The van der Waals surface area contributed by atoms with Gasteiger partial charge in [0.1, 0.15) is 12.2 Å². The van der Waals surface area contributed by atoms with Crippen LogP contribution >= 0.6 is 11.6 Å². The highest BCUT2D eigenvalue weighted by atomic mass is 35.5. The number of halogens is 1. The molecule has 0 spiro atoms. The maximum absolute atomic E-state index is 5.98. The second-order valence-corrected chi connectivity index (χ2v) is 5.22. The van der Waals surface area contributed by atoms with E-state index in [0.717, 1.165) is 30.4 Å². The Morgan fingerprint density at radius 2 is 2.26 bits per heavy atom. The lowest BCUT2D eigenvalue weighted by molar-refractivity contribution is 0.401. The molecule has 0 aromatic carbocycles. The topological polar surface area (TPSA) is 52.8 Å². The summed E-state index contributed by atoms with van der Waals surface area (Å²) >= 11 is 5.98. The van der Waals surface area contributed by atoms with Gasteiger partial charge in [-0.3, -0.25) is 0 Å². The van der Waals surface area contributed by atoms with Crippen LogP contribution in [-0.4, -0.2) is 26.6 Å². The Kier molecular flexibility index (Phi) is 3.55. The third-order valence-electron chi connectivity index (χ3n) is 3.58. The van der Waals surface area contributed by atoms with Gasteiger partial charge in [0.05, 0.1) is 13.0 Å². The molecule has 2 heterocycles. The molecule has 0 amide bonds. The summed E-state index contributed by atoms with van der Waals surface area (Å²) in [5, 5.41) is 0. The standard InChI is InChI=1S/C13H17ClN4O/c1-19-13-11-12(15-8-16-13)18(10(7-14)17-11)6-2-3-9-4-5-9/h8-9H,2-7H2,1H3. The van der Waals surface area contributed by atoms with Crippen molar-refractivity contribution < 1.29 is 4.74 Å². The van der Waals surface area contributed by atoms with E-state index in [1.54, 1.807) is 7.11 Å². The maximum Gasteiger partial charge on any atom is 0.245 e. The first-order valence-corrected chi connectivity index (χ1v) is 7.17. The van der Waals surface area contributed by atoms with Crippen LogP contribution in [0.1, 0.15) is 31.5 Å². The van der Waals surface area contributed by atoms with Crippen molar-refractivity contribution in [1.82, 2.24) is 19.5 Å². The molecule has 5 nitrogen and oxygen atoms in total. The lowest BCUT2D eigenvalue weighted by Crippen LogP contribution is -2.04. The van der Waals surface area contributed by atoms with E-state index in [1.807, 2.05) is 0 Å². The first-order valence-electron chi connectivity index (χ1n) is 6.63. The van der Waals surface area contributed by atoms with Crippen LogP contribution in [0.15, 0.2) is 6.33 Å². The second-order valence-electron chi connectivity index (χ2n) is 4.95. The minimum atomic E-state index is 0.378. The van der Waals surface area contributed by atoms with Crippen LogP contribution in [0, 0.1) is 5.92 Å². The lowest BCUT2D eigenvalue weighted by atomic mass is 10.2. The summed E-state index contributed by atoms with van der Waals surface area (Å²) in [7, 11) is 1.59. The van der Waals surface area contributed by atoms with Gasteiger partial charge < -0.3 is 9.30 Å². The van der Waals surface area contributed by atoms with Crippen molar-refractivity contribution in [3.8, 4) is 5.88 Å². The van der Waals surface area contributed by atoms with Gasteiger partial charge >= 0.3 is 0 Å². The fourth-order valence-electron chi connectivity index (χ4n) is 2.39. The van der Waals surface area contributed by atoms with Gasteiger partial charge in [-0.2, -0.15) is 4.98 Å². The molecule has 1 saturated carbocycles. The SMILES string of the molecule is COc1ncnc2c1nc(CCl)n2CCCC1CC1.